The molecule has 0 spiro atoms. The van der Waals surface area contributed by atoms with Crippen LogP contribution in [0.25, 0.3) is 6.08 Å². The van der Waals surface area contributed by atoms with Gasteiger partial charge in [-0.15, -0.1) is 0 Å². The first-order valence-corrected chi connectivity index (χ1v) is 12.2. The van der Waals surface area contributed by atoms with Crippen molar-refractivity contribution in [3.8, 4) is 11.5 Å². The van der Waals surface area contributed by atoms with Gasteiger partial charge in [0.25, 0.3) is 0 Å². The molecule has 32 heavy (non-hydrogen) atoms. The van der Waals surface area contributed by atoms with Gasteiger partial charge in [-0.05, 0) is 55.8 Å². The van der Waals surface area contributed by atoms with Crippen LogP contribution in [-0.4, -0.2) is 58.0 Å². The molecule has 1 aliphatic heterocycles. The van der Waals surface area contributed by atoms with Gasteiger partial charge in [0.05, 0.1) is 31.3 Å². The summed E-state index contributed by atoms with van der Waals surface area (Å²) in [4.78, 5) is 12.8. The van der Waals surface area contributed by atoms with Gasteiger partial charge >= 0.3 is 0 Å². The lowest BCUT2D eigenvalue weighted by Crippen LogP contribution is -2.40. The van der Waals surface area contributed by atoms with Crippen LogP contribution in [0, 0.1) is 0 Å². The summed E-state index contributed by atoms with van der Waals surface area (Å²) in [7, 11) is -3.59. The first-order chi connectivity index (χ1) is 15.5. The molecule has 0 amide bonds. The van der Waals surface area contributed by atoms with Gasteiger partial charge in [-0.1, -0.05) is 19.1 Å². The molecule has 1 fully saturated rings. The second-order valence-corrected chi connectivity index (χ2v) is 9.13. The minimum absolute atomic E-state index is 0.166. The first-order valence-electron chi connectivity index (χ1n) is 10.8. The average molecular weight is 460 g/mol. The van der Waals surface area contributed by atoms with E-state index >= 15 is 0 Å². The van der Waals surface area contributed by atoms with Gasteiger partial charge in [-0.25, -0.2) is 8.42 Å². The number of nitrogens with zero attached hydrogens (tertiary/aromatic N) is 1. The molecule has 0 aromatic heterocycles. The SMILES string of the molecule is CCCOc1c(/C=C/C(=O)c2ccc(S(=O)(=O)N3CCOCC3)cc2)cccc1OCC. The van der Waals surface area contributed by atoms with Crippen LogP contribution in [0.15, 0.2) is 53.4 Å². The summed E-state index contributed by atoms with van der Waals surface area (Å²) in [5.41, 5.74) is 1.14. The lowest BCUT2D eigenvalue weighted by molar-refractivity contribution is 0.0730. The van der Waals surface area contributed by atoms with Gasteiger partial charge in [0.2, 0.25) is 10.0 Å². The summed E-state index contributed by atoms with van der Waals surface area (Å²) in [6, 6.07) is 11.5. The molecule has 7 nitrogen and oxygen atoms in total. The summed E-state index contributed by atoms with van der Waals surface area (Å²) in [5.74, 6) is 1.00. The highest BCUT2D eigenvalue weighted by Gasteiger charge is 2.26. The van der Waals surface area contributed by atoms with Crippen LogP contribution >= 0.6 is 0 Å². The third-order valence-electron chi connectivity index (χ3n) is 4.92. The maximum absolute atomic E-state index is 12.7. The fraction of sp³-hybridized carbons (Fsp3) is 0.375. The third-order valence-corrected chi connectivity index (χ3v) is 6.83. The highest BCUT2D eigenvalue weighted by atomic mass is 32.2. The van der Waals surface area contributed by atoms with Gasteiger partial charge in [-0.2, -0.15) is 4.31 Å². The third kappa shape index (κ3) is 5.76. The Morgan fingerprint density at radius 2 is 1.78 bits per heavy atom. The number of rotatable bonds is 10. The zero-order chi connectivity index (χ0) is 23.0. The number of benzene rings is 2. The van der Waals surface area contributed by atoms with E-state index in [-0.39, 0.29) is 10.7 Å². The number of carbonyl (C=O) groups is 1. The maximum Gasteiger partial charge on any atom is 0.243 e. The molecule has 0 N–H and O–H groups in total. The quantitative estimate of drug-likeness (QED) is 0.397. The molecule has 2 aromatic rings. The Labute approximate surface area is 189 Å². The van der Waals surface area contributed by atoms with Gasteiger partial charge in [0.1, 0.15) is 0 Å². The van der Waals surface area contributed by atoms with Crippen molar-refractivity contribution < 1.29 is 27.4 Å². The van der Waals surface area contributed by atoms with Gasteiger partial charge < -0.3 is 14.2 Å². The number of ether oxygens (including phenoxy) is 3. The van der Waals surface area contributed by atoms with E-state index in [4.69, 9.17) is 14.2 Å². The van der Waals surface area contributed by atoms with E-state index in [9.17, 15) is 13.2 Å². The highest BCUT2D eigenvalue weighted by Crippen LogP contribution is 2.32. The molecule has 8 heteroatoms. The number of sulfonamides is 1. The molecule has 0 unspecified atom stereocenters. The zero-order valence-electron chi connectivity index (χ0n) is 18.5. The van der Waals surface area contributed by atoms with E-state index in [2.05, 4.69) is 0 Å². The van der Waals surface area contributed by atoms with Gasteiger partial charge in [-0.3, -0.25) is 4.79 Å². The molecular weight excluding hydrogens is 430 g/mol. The Morgan fingerprint density at radius 1 is 1.06 bits per heavy atom. The number of allylic oxidation sites excluding steroid dienone is 1. The average Bonchev–Trinajstić information content (AvgIpc) is 2.82. The van der Waals surface area contributed by atoms with Gasteiger partial charge in [0, 0.05) is 24.2 Å². The summed E-state index contributed by atoms with van der Waals surface area (Å²) in [6.07, 6.45) is 3.99. The smallest absolute Gasteiger partial charge is 0.243 e. The predicted molar refractivity (Wildman–Crippen MR) is 123 cm³/mol. The summed E-state index contributed by atoms with van der Waals surface area (Å²) in [6.45, 7) is 6.39. The molecule has 1 heterocycles. The fourth-order valence-electron chi connectivity index (χ4n) is 3.28. The van der Waals surface area contributed by atoms with Crippen LogP contribution in [0.3, 0.4) is 0 Å². The van der Waals surface area contributed by atoms with Crippen molar-refractivity contribution in [1.29, 1.82) is 0 Å². The van der Waals surface area contributed by atoms with Crippen molar-refractivity contribution in [3.63, 3.8) is 0 Å². The van der Waals surface area contributed by atoms with Crippen molar-refractivity contribution in [3.05, 3.63) is 59.7 Å². The molecule has 3 rings (SSSR count). The van der Waals surface area contributed by atoms with Crippen molar-refractivity contribution >= 4 is 21.9 Å². The van der Waals surface area contributed by atoms with Crippen LogP contribution < -0.4 is 9.47 Å². The number of morpholine rings is 1. The second-order valence-electron chi connectivity index (χ2n) is 7.19. The first kappa shape index (κ1) is 24.0. The minimum Gasteiger partial charge on any atom is -0.490 e. The molecular formula is C24H29NO6S. The molecule has 0 saturated carbocycles. The molecule has 172 valence electrons. The zero-order valence-corrected chi connectivity index (χ0v) is 19.3. The molecule has 0 atom stereocenters. The monoisotopic (exact) mass is 459 g/mol. The Bertz CT molecular complexity index is 1040. The van der Waals surface area contributed by atoms with E-state index in [1.807, 2.05) is 32.0 Å². The van der Waals surface area contributed by atoms with Crippen LogP contribution in [0.1, 0.15) is 36.2 Å². The van der Waals surface area contributed by atoms with Crippen LogP contribution in [-0.2, 0) is 14.8 Å². The second kappa shape index (κ2) is 11.3. The summed E-state index contributed by atoms with van der Waals surface area (Å²) in [5, 5.41) is 0. The van der Waals surface area contributed by atoms with E-state index in [1.54, 1.807) is 6.08 Å². The van der Waals surface area contributed by atoms with Crippen molar-refractivity contribution in [1.82, 2.24) is 4.31 Å². The number of carbonyl (C=O) groups excluding carboxylic acids is 1. The van der Waals surface area contributed by atoms with Crippen molar-refractivity contribution in [2.24, 2.45) is 0 Å². The Balaban J connectivity index is 1.77. The topological polar surface area (TPSA) is 82.1 Å². The fourth-order valence-corrected chi connectivity index (χ4v) is 4.69. The molecule has 1 aliphatic rings. The molecule has 2 aromatic carbocycles. The Kier molecular flexibility index (Phi) is 8.44. The van der Waals surface area contributed by atoms with Crippen LogP contribution in [0.2, 0.25) is 0 Å². The molecule has 0 aliphatic carbocycles. The Morgan fingerprint density at radius 3 is 2.44 bits per heavy atom. The number of ketones is 1. The number of hydrogen-bond donors (Lipinski definition) is 0. The molecule has 0 radical (unpaired) electrons. The molecule has 1 saturated heterocycles. The lowest BCUT2D eigenvalue weighted by Gasteiger charge is -2.26. The van der Waals surface area contributed by atoms with Gasteiger partial charge in [0.15, 0.2) is 17.3 Å². The van der Waals surface area contributed by atoms with E-state index < -0.39 is 10.0 Å². The minimum atomic E-state index is -3.59. The molecule has 0 bridgehead atoms. The maximum atomic E-state index is 12.7. The summed E-state index contributed by atoms with van der Waals surface area (Å²) < 4.78 is 43.6. The summed E-state index contributed by atoms with van der Waals surface area (Å²) >= 11 is 0. The largest absolute Gasteiger partial charge is 0.490 e. The predicted octanol–water partition coefficient (Wildman–Crippen LogP) is 3.79. The highest BCUT2D eigenvalue weighted by molar-refractivity contribution is 7.89. The van der Waals surface area contributed by atoms with Crippen LogP contribution in [0.5, 0.6) is 11.5 Å². The normalized spacial score (nSPS) is 15.1. The van der Waals surface area contributed by atoms with Crippen molar-refractivity contribution in [2.45, 2.75) is 25.2 Å². The number of hydrogen-bond acceptors (Lipinski definition) is 6. The van der Waals surface area contributed by atoms with E-state index in [0.717, 1.165) is 12.0 Å². The van der Waals surface area contributed by atoms with Crippen molar-refractivity contribution in [2.75, 3.05) is 39.5 Å². The van der Waals surface area contributed by atoms with E-state index in [1.165, 1.54) is 34.6 Å². The Hall–Kier alpha value is -2.68. The van der Waals surface area contributed by atoms with E-state index in [0.29, 0.717) is 56.6 Å². The van der Waals surface area contributed by atoms with Crippen LogP contribution in [0.4, 0.5) is 0 Å². The number of para-hydroxylation sites is 1. The standard InChI is InChI=1S/C24H29NO6S/c1-3-16-31-24-20(6-5-7-23(24)30-4-2)10-13-22(26)19-8-11-21(12-9-19)32(27,28)25-14-17-29-18-15-25/h5-13H,3-4,14-18H2,1-2H3/b13-10+. The lowest BCUT2D eigenvalue weighted by atomic mass is 10.1.